The van der Waals surface area contributed by atoms with E-state index in [4.69, 9.17) is 26.1 Å². The van der Waals surface area contributed by atoms with Crippen LogP contribution in [-0.2, 0) is 20.0 Å². The summed E-state index contributed by atoms with van der Waals surface area (Å²) in [4.78, 5) is 40.9. The molecule has 4 fully saturated rings. The number of rotatable bonds is 19. The first kappa shape index (κ1) is 72.9. The first-order valence-corrected chi connectivity index (χ1v) is 40.4. The van der Waals surface area contributed by atoms with Crippen molar-refractivity contribution >= 4 is 81.6 Å². The number of benzene rings is 2. The van der Waals surface area contributed by atoms with Gasteiger partial charge in [-0.2, -0.15) is 31.4 Å². The van der Waals surface area contributed by atoms with Gasteiger partial charge in [0.2, 0.25) is 11.8 Å². The molecule has 0 spiro atoms. The highest BCUT2D eigenvalue weighted by Gasteiger charge is 2.63. The van der Waals surface area contributed by atoms with E-state index in [1.165, 1.54) is 35.1 Å². The third-order valence-electron chi connectivity index (χ3n) is 17.1. The standard InChI is InChI=1S/C31H40F3N5O4SSi.C22H30ClN3O3SSi.C9H11F3N2O.CH4/c1-21-19-29(2,3)38(20-21)26-23(28(40)37-44(41,42)22-10-8-7-9-11-22)18-24(45(4,5)6)27(35-26)39-16-12-25(36-39)43-17-15-30(13-14-30)31(32,33)34;1-15-13-22(2,3)26(14-15)20-17(12-18(19(23)24-20)31(4,5)6)21(27)25-30(28,29)16-10-8-7-9-11-16;10-9(11,12)8(2-3-8)4-6-15-7-1-5-13-14-7;/h7-12,16,18,21H,13-15,17,19-20H2,1-6H3,(H,37,40);7-12,15H,13-14H2,1-6H3,(H,25,27);1,5H,2-4,6H2,(H,13,14);1H4/t21-;15-;;/m00../s1. The van der Waals surface area contributed by atoms with Gasteiger partial charge in [-0.05, 0) is 138 Å². The second-order valence-electron chi connectivity index (χ2n) is 27.7. The molecule has 10 rings (SSSR count). The molecule has 29 heteroatoms. The molecule has 2 saturated heterocycles. The van der Waals surface area contributed by atoms with Crippen molar-refractivity contribution in [3.05, 3.63) is 114 Å². The lowest BCUT2D eigenvalue weighted by atomic mass is 9.97. The SMILES string of the molecule is C.C[C@@H]1CN(c2nc(-n3ccc(OCCC4(C(F)(F)F)CC4)n3)c([Si](C)(C)C)cc2C(=O)NS(=O)(=O)c2ccccc2)C(C)(C)C1.C[C@@H]1CN(c2nc(Cl)c([Si](C)(C)C)cc2C(=O)NS(=O)(=O)c2ccccc2)C(C)(C)C1.FC(F)(F)C1(CCOc2ccn[nH]2)CC1. The van der Waals surface area contributed by atoms with E-state index in [1.807, 2.05) is 4.90 Å². The van der Waals surface area contributed by atoms with Gasteiger partial charge in [0.05, 0.1) is 67.3 Å². The van der Waals surface area contributed by atoms with Gasteiger partial charge in [0.25, 0.3) is 31.9 Å². The number of amides is 2. The molecule has 3 N–H and O–H groups in total. The van der Waals surface area contributed by atoms with Gasteiger partial charge >= 0.3 is 12.4 Å². The minimum absolute atomic E-state index is 0. The number of aromatic amines is 1. The predicted molar refractivity (Wildman–Crippen MR) is 350 cm³/mol. The molecule has 0 unspecified atom stereocenters. The molecule has 504 valence electrons. The zero-order valence-electron chi connectivity index (χ0n) is 53.2. The Hall–Kier alpha value is -6.50. The number of nitrogens with one attached hydrogen (secondary N) is 3. The van der Waals surface area contributed by atoms with Crippen LogP contribution in [0.15, 0.2) is 107 Å². The second-order valence-corrected chi connectivity index (χ2v) is 41.5. The van der Waals surface area contributed by atoms with Crippen molar-refractivity contribution in [2.45, 2.75) is 173 Å². The molecular formula is C63H85ClF6N10O8S2Si2. The topological polar surface area (TPSA) is 224 Å². The number of carbonyl (C=O) groups is 2. The number of nitrogens with zero attached hydrogens (tertiary/aromatic N) is 7. The van der Waals surface area contributed by atoms with Crippen LogP contribution in [0.4, 0.5) is 38.0 Å². The van der Waals surface area contributed by atoms with E-state index >= 15 is 0 Å². The molecule has 18 nitrogen and oxygen atoms in total. The highest BCUT2D eigenvalue weighted by atomic mass is 35.5. The number of hydrogen-bond acceptors (Lipinski definition) is 14. The zero-order chi connectivity index (χ0) is 67.1. The smallest absolute Gasteiger partial charge is 0.394 e. The number of aromatic nitrogens is 6. The molecule has 2 aromatic carbocycles. The molecular weight excluding hydrogens is 1290 g/mol. The molecule has 6 aromatic rings. The number of halogens is 7. The highest BCUT2D eigenvalue weighted by Crippen LogP contribution is 2.61. The Labute approximate surface area is 543 Å². The molecule has 2 aliphatic carbocycles. The van der Waals surface area contributed by atoms with E-state index < -0.39 is 71.2 Å². The lowest BCUT2D eigenvalue weighted by Crippen LogP contribution is -2.45. The summed E-state index contributed by atoms with van der Waals surface area (Å²) in [5.74, 6) is 1.03. The summed E-state index contributed by atoms with van der Waals surface area (Å²) >= 11 is 6.57. The van der Waals surface area contributed by atoms with Crippen molar-refractivity contribution in [3.8, 4) is 17.6 Å². The van der Waals surface area contributed by atoms with Gasteiger partial charge in [0.15, 0.2) is 5.82 Å². The summed E-state index contributed by atoms with van der Waals surface area (Å²) in [6.07, 6.45) is -2.89. The number of H-pyrrole nitrogens is 1. The van der Waals surface area contributed by atoms with Gasteiger partial charge in [-0.15, -0.1) is 5.10 Å². The lowest BCUT2D eigenvalue weighted by Gasteiger charge is -2.35. The van der Waals surface area contributed by atoms with E-state index in [0.29, 0.717) is 53.4 Å². The van der Waals surface area contributed by atoms with Crippen molar-refractivity contribution in [2.24, 2.45) is 22.7 Å². The maximum Gasteiger partial charge on any atom is 0.394 e. The van der Waals surface area contributed by atoms with Crippen LogP contribution >= 0.6 is 11.6 Å². The third kappa shape index (κ3) is 16.9. The number of carbonyl (C=O) groups excluding carboxylic acids is 2. The van der Waals surface area contributed by atoms with Crippen LogP contribution < -0.4 is 39.1 Å². The van der Waals surface area contributed by atoms with Gasteiger partial charge in [0.1, 0.15) is 16.8 Å². The molecule has 6 heterocycles. The normalized spacial score (nSPS) is 18.9. The fourth-order valence-electron chi connectivity index (χ4n) is 11.7. The molecule has 0 bridgehead atoms. The average molecular weight is 1380 g/mol. The second kappa shape index (κ2) is 27.1. The molecule has 4 aliphatic rings. The number of hydrogen-bond donors (Lipinski definition) is 3. The van der Waals surface area contributed by atoms with Gasteiger partial charge in [-0.25, -0.2) is 46.0 Å². The van der Waals surface area contributed by atoms with Gasteiger partial charge in [-0.1, -0.05) is 109 Å². The molecule has 2 atom stereocenters. The molecule has 4 aromatic heterocycles. The van der Waals surface area contributed by atoms with Crippen molar-refractivity contribution in [3.63, 3.8) is 0 Å². The number of alkyl halides is 6. The Balaban J connectivity index is 0.000000219. The van der Waals surface area contributed by atoms with Gasteiger partial charge < -0.3 is 19.3 Å². The predicted octanol–water partition coefficient (Wildman–Crippen LogP) is 12.8. The fourth-order valence-corrected chi connectivity index (χ4v) is 17.4. The maximum absolute atomic E-state index is 13.8. The highest BCUT2D eigenvalue weighted by molar-refractivity contribution is 7.90. The van der Waals surface area contributed by atoms with E-state index in [1.54, 1.807) is 66.9 Å². The van der Waals surface area contributed by atoms with Crippen molar-refractivity contribution in [2.75, 3.05) is 36.1 Å². The molecule has 2 saturated carbocycles. The Kier molecular flexibility index (Phi) is 21.5. The van der Waals surface area contributed by atoms with Gasteiger partial charge in [-0.3, -0.25) is 9.59 Å². The van der Waals surface area contributed by atoms with Gasteiger partial charge in [0, 0.05) is 42.5 Å². The summed E-state index contributed by atoms with van der Waals surface area (Å²) in [6.45, 7) is 26.4. The van der Waals surface area contributed by atoms with E-state index in [0.717, 1.165) is 23.2 Å². The summed E-state index contributed by atoms with van der Waals surface area (Å²) in [6, 6.07) is 22.2. The Morgan fingerprint density at radius 3 is 1.45 bits per heavy atom. The summed E-state index contributed by atoms with van der Waals surface area (Å²) in [5.41, 5.74) is -3.38. The lowest BCUT2D eigenvalue weighted by molar-refractivity contribution is -0.190. The fraction of sp³-hybridized carbons (Fsp3) is 0.524. The minimum Gasteiger partial charge on any atom is -0.478 e. The van der Waals surface area contributed by atoms with Crippen molar-refractivity contribution < 1.29 is 62.2 Å². The first-order valence-electron chi connectivity index (χ1n) is 30.1. The van der Waals surface area contributed by atoms with Crippen LogP contribution in [0.2, 0.25) is 44.4 Å². The van der Waals surface area contributed by atoms with Crippen LogP contribution in [0.3, 0.4) is 0 Å². The van der Waals surface area contributed by atoms with Crippen LogP contribution in [0.1, 0.15) is 121 Å². The van der Waals surface area contributed by atoms with Crippen LogP contribution in [0.5, 0.6) is 11.8 Å². The molecule has 2 amide bonds. The monoisotopic (exact) mass is 1380 g/mol. The summed E-state index contributed by atoms with van der Waals surface area (Å²) < 4.78 is 146. The average Bonchev–Trinajstić information content (AvgIpc) is 1.52. The number of ether oxygens (including phenoxy) is 2. The maximum atomic E-state index is 13.8. The van der Waals surface area contributed by atoms with Crippen LogP contribution in [-0.4, -0.2) is 124 Å². The summed E-state index contributed by atoms with van der Waals surface area (Å²) in [7, 11) is -12.4. The quantitative estimate of drug-likeness (QED) is 0.0390. The largest absolute Gasteiger partial charge is 0.478 e. The van der Waals surface area contributed by atoms with E-state index in [9.17, 15) is 52.8 Å². The minimum atomic E-state index is -4.25. The molecule has 2 aliphatic heterocycles. The third-order valence-corrected chi connectivity index (χ3v) is 24.2. The molecule has 92 heavy (non-hydrogen) atoms. The Morgan fingerprint density at radius 2 is 1.07 bits per heavy atom. The summed E-state index contributed by atoms with van der Waals surface area (Å²) in [5, 5.41) is 12.6. The Bertz CT molecular complexity index is 3800. The van der Waals surface area contributed by atoms with Crippen molar-refractivity contribution in [1.82, 2.24) is 39.4 Å². The first-order chi connectivity index (χ1) is 42.1. The number of pyridine rings is 2. The number of anilines is 2. The van der Waals surface area contributed by atoms with E-state index in [2.05, 4.69) is 115 Å². The van der Waals surface area contributed by atoms with Crippen LogP contribution in [0.25, 0.3) is 5.82 Å². The van der Waals surface area contributed by atoms with E-state index in [-0.39, 0.29) is 97.0 Å². The molecule has 0 radical (unpaired) electrons. The number of sulfonamides is 2. The van der Waals surface area contributed by atoms with Crippen molar-refractivity contribution in [1.29, 1.82) is 0 Å². The van der Waals surface area contributed by atoms with Crippen LogP contribution in [0, 0.1) is 22.7 Å². The Morgan fingerprint density at radius 1 is 0.641 bits per heavy atom. The zero-order valence-corrected chi connectivity index (χ0v) is 57.6.